The summed E-state index contributed by atoms with van der Waals surface area (Å²) in [6, 6.07) is 13.8. The minimum atomic E-state index is -1.03. The molecule has 116 valence electrons. The van der Waals surface area contributed by atoms with E-state index in [9.17, 15) is 9.59 Å². The number of hydrogen-bond donors (Lipinski definition) is 2. The first kappa shape index (κ1) is 15.0. The van der Waals surface area contributed by atoms with Crippen LogP contribution in [-0.4, -0.2) is 28.7 Å². The second-order valence-electron chi connectivity index (χ2n) is 5.47. The van der Waals surface area contributed by atoms with Crippen LogP contribution in [-0.2, 0) is 11.2 Å². The molecule has 1 aliphatic heterocycles. The van der Waals surface area contributed by atoms with Crippen LogP contribution in [0.25, 0.3) is 0 Å². The number of aliphatic imine (C=N–C) groups is 1. The summed E-state index contributed by atoms with van der Waals surface area (Å²) in [5.41, 5.74) is 3.13. The van der Waals surface area contributed by atoms with Crippen molar-refractivity contribution in [1.82, 2.24) is 0 Å². The molecule has 0 fully saturated rings. The van der Waals surface area contributed by atoms with Crippen molar-refractivity contribution in [2.24, 2.45) is 4.99 Å². The Hall–Kier alpha value is -2.95. The van der Waals surface area contributed by atoms with Crippen LogP contribution in [0.3, 0.4) is 0 Å². The minimum Gasteiger partial charge on any atom is -0.478 e. The van der Waals surface area contributed by atoms with E-state index in [1.165, 1.54) is 12.1 Å². The number of rotatable bonds is 3. The van der Waals surface area contributed by atoms with Crippen molar-refractivity contribution in [2.75, 3.05) is 5.32 Å². The number of carbonyl (C=O) groups excluding carboxylic acids is 1. The Balaban J connectivity index is 1.93. The fraction of sp³-hybridized carbons (Fsp3) is 0.167. The van der Waals surface area contributed by atoms with Gasteiger partial charge in [-0.3, -0.25) is 9.79 Å². The first-order chi connectivity index (χ1) is 11.0. The molecule has 23 heavy (non-hydrogen) atoms. The molecule has 2 N–H and O–H groups in total. The number of amides is 1. The lowest BCUT2D eigenvalue weighted by Crippen LogP contribution is -2.27. The molecule has 0 unspecified atom stereocenters. The minimum absolute atomic E-state index is 0.137. The third kappa shape index (κ3) is 3.13. The average molecular weight is 308 g/mol. The van der Waals surface area contributed by atoms with Crippen molar-refractivity contribution < 1.29 is 14.7 Å². The van der Waals surface area contributed by atoms with Gasteiger partial charge in [-0.1, -0.05) is 36.4 Å². The molecule has 0 spiro atoms. The van der Waals surface area contributed by atoms with E-state index in [2.05, 4.69) is 10.3 Å². The Kier molecular flexibility index (Phi) is 3.93. The third-order valence-electron chi connectivity index (χ3n) is 3.84. The fourth-order valence-electron chi connectivity index (χ4n) is 2.65. The smallest absolute Gasteiger partial charge is 0.335 e. The number of carbonyl (C=O) groups is 2. The number of nitrogens with zero attached hydrogens (tertiary/aromatic N) is 1. The van der Waals surface area contributed by atoms with E-state index in [1.807, 2.05) is 37.3 Å². The van der Waals surface area contributed by atoms with Crippen LogP contribution in [0.2, 0.25) is 0 Å². The molecule has 3 rings (SSSR count). The lowest BCUT2D eigenvalue weighted by atomic mass is 10.1. The highest BCUT2D eigenvalue weighted by Gasteiger charge is 2.24. The Morgan fingerprint density at radius 3 is 2.65 bits per heavy atom. The number of anilines is 1. The average Bonchev–Trinajstić information content (AvgIpc) is 2.65. The maximum Gasteiger partial charge on any atom is 0.335 e. The Labute approximate surface area is 133 Å². The number of benzene rings is 2. The van der Waals surface area contributed by atoms with Gasteiger partial charge in [0.1, 0.15) is 6.04 Å². The van der Waals surface area contributed by atoms with Crippen molar-refractivity contribution in [2.45, 2.75) is 19.4 Å². The molecule has 2 aromatic carbocycles. The molecule has 1 aliphatic rings. The quantitative estimate of drug-likeness (QED) is 0.915. The predicted octanol–water partition coefficient (Wildman–Crippen LogP) is 2.76. The van der Waals surface area contributed by atoms with Gasteiger partial charge in [-0.05, 0) is 24.6 Å². The highest BCUT2D eigenvalue weighted by Crippen LogP contribution is 2.23. The van der Waals surface area contributed by atoms with Gasteiger partial charge in [0.2, 0.25) is 5.91 Å². The molecule has 2 aromatic rings. The first-order valence-corrected chi connectivity index (χ1v) is 7.31. The summed E-state index contributed by atoms with van der Waals surface area (Å²) in [5.74, 6) is -1.25. The Bertz CT molecular complexity index is 797. The van der Waals surface area contributed by atoms with Gasteiger partial charge in [0.25, 0.3) is 0 Å². The maximum atomic E-state index is 12.4. The molecule has 0 aromatic heterocycles. The van der Waals surface area contributed by atoms with E-state index < -0.39 is 12.0 Å². The van der Waals surface area contributed by atoms with Gasteiger partial charge in [0, 0.05) is 17.7 Å². The monoisotopic (exact) mass is 308 g/mol. The largest absolute Gasteiger partial charge is 0.478 e. The van der Waals surface area contributed by atoms with Crippen molar-refractivity contribution in [3.8, 4) is 0 Å². The summed E-state index contributed by atoms with van der Waals surface area (Å²) in [7, 11) is 0. The summed E-state index contributed by atoms with van der Waals surface area (Å²) in [4.78, 5) is 28.1. The van der Waals surface area contributed by atoms with Crippen LogP contribution >= 0.6 is 0 Å². The number of nitrogens with one attached hydrogen (secondary N) is 1. The summed E-state index contributed by atoms with van der Waals surface area (Å²) in [5, 5.41) is 11.9. The second-order valence-corrected chi connectivity index (χ2v) is 5.47. The van der Waals surface area contributed by atoms with Crippen LogP contribution in [0.5, 0.6) is 0 Å². The van der Waals surface area contributed by atoms with E-state index in [0.29, 0.717) is 12.1 Å². The molecule has 1 atom stereocenters. The molecule has 0 radical (unpaired) electrons. The molecule has 1 amide bonds. The van der Waals surface area contributed by atoms with E-state index in [-0.39, 0.29) is 11.5 Å². The summed E-state index contributed by atoms with van der Waals surface area (Å²) in [6.45, 7) is 1.83. The van der Waals surface area contributed by atoms with E-state index in [1.54, 1.807) is 6.07 Å². The van der Waals surface area contributed by atoms with Crippen LogP contribution in [0.1, 0.15) is 28.4 Å². The summed E-state index contributed by atoms with van der Waals surface area (Å²) >= 11 is 0. The molecular weight excluding hydrogens is 292 g/mol. The lowest BCUT2D eigenvalue weighted by molar-refractivity contribution is -0.117. The maximum absolute atomic E-state index is 12.4. The standard InChI is InChI=1S/C18H16N2O3/c1-11-14-8-7-13(18(22)23)10-15(14)20-17(21)16(19-11)9-12-5-3-2-4-6-12/h2-8,10,16H,9H2,1H3,(H,20,21)(H,22,23)/t16-/m0/s1. The van der Waals surface area contributed by atoms with Crippen molar-refractivity contribution >= 4 is 23.3 Å². The highest BCUT2D eigenvalue weighted by molar-refractivity contribution is 6.11. The zero-order valence-electron chi connectivity index (χ0n) is 12.6. The molecule has 1 heterocycles. The number of fused-ring (bicyclic) bond motifs is 1. The van der Waals surface area contributed by atoms with Gasteiger partial charge in [0.05, 0.1) is 11.3 Å². The van der Waals surface area contributed by atoms with Gasteiger partial charge in [0.15, 0.2) is 0 Å². The Morgan fingerprint density at radius 2 is 1.96 bits per heavy atom. The molecular formula is C18H16N2O3. The number of carboxylic acid groups (broad SMARTS) is 1. The van der Waals surface area contributed by atoms with Gasteiger partial charge >= 0.3 is 5.97 Å². The highest BCUT2D eigenvalue weighted by atomic mass is 16.4. The van der Waals surface area contributed by atoms with E-state index in [0.717, 1.165) is 16.8 Å². The summed E-state index contributed by atoms with van der Waals surface area (Å²) in [6.07, 6.45) is 0.504. The third-order valence-corrected chi connectivity index (χ3v) is 3.84. The predicted molar refractivity (Wildman–Crippen MR) is 88.2 cm³/mol. The zero-order chi connectivity index (χ0) is 16.4. The molecule has 0 aliphatic carbocycles. The van der Waals surface area contributed by atoms with Crippen LogP contribution in [0.4, 0.5) is 5.69 Å². The lowest BCUT2D eigenvalue weighted by Gasteiger charge is -2.11. The molecule has 5 nitrogen and oxygen atoms in total. The molecule has 0 saturated heterocycles. The molecule has 0 bridgehead atoms. The molecule has 0 saturated carbocycles. The van der Waals surface area contributed by atoms with Gasteiger partial charge in [-0.25, -0.2) is 4.79 Å². The number of benzodiazepines with no additional fused rings is 1. The first-order valence-electron chi connectivity index (χ1n) is 7.31. The van der Waals surface area contributed by atoms with Crippen LogP contribution in [0, 0.1) is 0 Å². The summed E-state index contributed by atoms with van der Waals surface area (Å²) < 4.78 is 0. The Morgan fingerprint density at radius 1 is 1.22 bits per heavy atom. The number of aromatic carboxylic acids is 1. The van der Waals surface area contributed by atoms with Crippen molar-refractivity contribution in [3.63, 3.8) is 0 Å². The normalized spacial score (nSPS) is 16.8. The number of hydrogen-bond acceptors (Lipinski definition) is 3. The van der Waals surface area contributed by atoms with E-state index >= 15 is 0 Å². The van der Waals surface area contributed by atoms with Gasteiger partial charge in [-0.2, -0.15) is 0 Å². The van der Waals surface area contributed by atoms with Crippen LogP contribution in [0.15, 0.2) is 53.5 Å². The zero-order valence-corrected chi connectivity index (χ0v) is 12.6. The number of carboxylic acids is 1. The van der Waals surface area contributed by atoms with Gasteiger partial charge < -0.3 is 10.4 Å². The fourth-order valence-corrected chi connectivity index (χ4v) is 2.65. The van der Waals surface area contributed by atoms with Crippen LogP contribution < -0.4 is 5.32 Å². The van der Waals surface area contributed by atoms with Crippen molar-refractivity contribution in [1.29, 1.82) is 0 Å². The topological polar surface area (TPSA) is 78.8 Å². The van der Waals surface area contributed by atoms with Crippen molar-refractivity contribution in [3.05, 3.63) is 65.2 Å². The van der Waals surface area contributed by atoms with Gasteiger partial charge in [-0.15, -0.1) is 0 Å². The second kappa shape index (κ2) is 6.04. The SMILES string of the molecule is CC1=N[C@@H](Cc2ccccc2)C(=O)Nc2cc(C(=O)O)ccc21. The molecule has 5 heteroatoms. The van der Waals surface area contributed by atoms with E-state index in [4.69, 9.17) is 5.11 Å².